The van der Waals surface area contributed by atoms with Gasteiger partial charge < -0.3 is 0 Å². The quantitative estimate of drug-likeness (QED) is 0.685. The molecule has 0 amide bonds. The largest absolute Gasteiger partial charge is 0.298 e. The Hall–Kier alpha value is -0.840. The van der Waals surface area contributed by atoms with Crippen LogP contribution in [0.3, 0.4) is 0 Å². The second kappa shape index (κ2) is 3.73. The molecule has 0 heterocycles. The second-order valence-corrected chi connectivity index (χ2v) is 4.80. The summed E-state index contributed by atoms with van der Waals surface area (Å²) >= 11 is 0. The van der Waals surface area contributed by atoms with Crippen molar-refractivity contribution in [2.75, 3.05) is 0 Å². The van der Waals surface area contributed by atoms with Crippen molar-refractivity contribution < 1.29 is 4.79 Å². The predicted molar refractivity (Wildman–Crippen MR) is 53.3 cm³/mol. The zero-order valence-electron chi connectivity index (χ0n) is 8.70. The molecule has 3 unspecified atom stereocenters. The fourth-order valence-electron chi connectivity index (χ4n) is 2.79. The highest BCUT2D eigenvalue weighted by atomic mass is 16.1. The molecular formula is C12H17NO. The Morgan fingerprint density at radius 2 is 2.07 bits per heavy atom. The van der Waals surface area contributed by atoms with E-state index in [-0.39, 0.29) is 17.6 Å². The normalized spacial score (nSPS) is 35.9. The van der Waals surface area contributed by atoms with Gasteiger partial charge in [-0.2, -0.15) is 5.26 Å². The van der Waals surface area contributed by atoms with Crippen LogP contribution in [-0.4, -0.2) is 5.78 Å². The SMILES string of the molecule is CCCC(C#N)C(=O)C1CC2CC2C1. The summed E-state index contributed by atoms with van der Waals surface area (Å²) in [5.74, 6) is 1.83. The van der Waals surface area contributed by atoms with Crippen LogP contribution in [0.5, 0.6) is 0 Å². The van der Waals surface area contributed by atoms with Crippen LogP contribution < -0.4 is 0 Å². The summed E-state index contributed by atoms with van der Waals surface area (Å²) in [6.07, 6.45) is 5.18. The molecule has 0 aliphatic heterocycles. The standard InChI is InChI=1S/C12H17NO/c1-2-3-8(7-13)12(14)11-5-9-4-10(9)6-11/h8-11H,2-6H2,1H3. The number of carbonyl (C=O) groups excluding carboxylic acids is 1. The summed E-state index contributed by atoms with van der Waals surface area (Å²) in [5.41, 5.74) is 0. The average molecular weight is 191 g/mol. The van der Waals surface area contributed by atoms with E-state index < -0.39 is 0 Å². The van der Waals surface area contributed by atoms with E-state index in [4.69, 9.17) is 5.26 Å². The highest BCUT2D eigenvalue weighted by molar-refractivity contribution is 5.86. The molecule has 2 aliphatic carbocycles. The van der Waals surface area contributed by atoms with Gasteiger partial charge in [-0.25, -0.2) is 0 Å². The molecule has 2 aliphatic rings. The van der Waals surface area contributed by atoms with Gasteiger partial charge in [-0.1, -0.05) is 13.3 Å². The highest BCUT2D eigenvalue weighted by Gasteiger charge is 2.48. The van der Waals surface area contributed by atoms with Crippen LogP contribution in [0.15, 0.2) is 0 Å². The summed E-state index contributed by atoms with van der Waals surface area (Å²) in [6.45, 7) is 2.03. The zero-order valence-corrected chi connectivity index (χ0v) is 8.70. The average Bonchev–Trinajstić information content (AvgIpc) is 2.81. The lowest BCUT2D eigenvalue weighted by molar-refractivity contribution is -0.125. The first kappa shape index (κ1) is 9.71. The molecule has 2 saturated carbocycles. The maximum Gasteiger partial charge on any atom is 0.153 e. The molecule has 0 aromatic carbocycles. The van der Waals surface area contributed by atoms with E-state index in [1.54, 1.807) is 0 Å². The predicted octanol–water partition coefficient (Wildman–Crippen LogP) is 2.54. The van der Waals surface area contributed by atoms with Gasteiger partial charge >= 0.3 is 0 Å². The van der Waals surface area contributed by atoms with Crippen LogP contribution in [0.4, 0.5) is 0 Å². The van der Waals surface area contributed by atoms with E-state index in [0.29, 0.717) is 0 Å². The van der Waals surface area contributed by atoms with E-state index in [1.807, 2.05) is 6.92 Å². The molecule has 2 heteroatoms. The molecule has 0 aromatic rings. The maximum atomic E-state index is 11.9. The van der Waals surface area contributed by atoms with Crippen molar-refractivity contribution in [2.45, 2.75) is 39.0 Å². The van der Waals surface area contributed by atoms with Gasteiger partial charge in [-0.05, 0) is 37.5 Å². The summed E-state index contributed by atoms with van der Waals surface area (Å²) in [5, 5.41) is 8.89. The highest BCUT2D eigenvalue weighted by Crippen LogP contribution is 2.54. The van der Waals surface area contributed by atoms with Crippen molar-refractivity contribution in [3.8, 4) is 6.07 Å². The number of hydrogen-bond donors (Lipinski definition) is 0. The van der Waals surface area contributed by atoms with E-state index in [0.717, 1.165) is 37.5 Å². The van der Waals surface area contributed by atoms with Gasteiger partial charge in [0.15, 0.2) is 5.78 Å². The van der Waals surface area contributed by atoms with Gasteiger partial charge in [-0.3, -0.25) is 4.79 Å². The van der Waals surface area contributed by atoms with Crippen molar-refractivity contribution in [1.29, 1.82) is 5.26 Å². The molecule has 0 bridgehead atoms. The van der Waals surface area contributed by atoms with Gasteiger partial charge in [-0.15, -0.1) is 0 Å². The van der Waals surface area contributed by atoms with E-state index in [1.165, 1.54) is 6.42 Å². The van der Waals surface area contributed by atoms with E-state index in [9.17, 15) is 4.79 Å². The fraction of sp³-hybridized carbons (Fsp3) is 0.833. The Morgan fingerprint density at radius 1 is 1.43 bits per heavy atom. The van der Waals surface area contributed by atoms with Crippen LogP contribution in [-0.2, 0) is 4.79 Å². The number of rotatable bonds is 4. The van der Waals surface area contributed by atoms with Crippen molar-refractivity contribution in [3.05, 3.63) is 0 Å². The minimum atomic E-state index is -0.317. The summed E-state index contributed by atoms with van der Waals surface area (Å²) in [7, 11) is 0. The molecule has 2 fully saturated rings. The first-order chi connectivity index (χ1) is 6.76. The van der Waals surface area contributed by atoms with Crippen molar-refractivity contribution in [3.63, 3.8) is 0 Å². The fourth-order valence-corrected chi connectivity index (χ4v) is 2.79. The second-order valence-electron chi connectivity index (χ2n) is 4.80. The summed E-state index contributed by atoms with van der Waals surface area (Å²) < 4.78 is 0. The van der Waals surface area contributed by atoms with Crippen LogP contribution in [0, 0.1) is 35.0 Å². The Labute approximate surface area is 85.3 Å². The van der Waals surface area contributed by atoms with Crippen LogP contribution >= 0.6 is 0 Å². The van der Waals surface area contributed by atoms with Gasteiger partial charge in [0.05, 0.1) is 6.07 Å². The molecule has 0 saturated heterocycles. The number of Topliss-reactive ketones (excluding diaryl/α,β-unsaturated/α-hetero) is 1. The smallest absolute Gasteiger partial charge is 0.153 e. The molecule has 0 spiro atoms. The van der Waals surface area contributed by atoms with Crippen molar-refractivity contribution >= 4 is 5.78 Å². The Morgan fingerprint density at radius 3 is 2.57 bits per heavy atom. The first-order valence-electron chi connectivity index (χ1n) is 5.69. The number of nitrogens with zero attached hydrogens (tertiary/aromatic N) is 1. The van der Waals surface area contributed by atoms with Gasteiger partial charge in [0.2, 0.25) is 0 Å². The minimum absolute atomic E-state index is 0.231. The number of fused-ring (bicyclic) bond motifs is 1. The molecule has 14 heavy (non-hydrogen) atoms. The van der Waals surface area contributed by atoms with E-state index >= 15 is 0 Å². The monoisotopic (exact) mass is 191 g/mol. The number of carbonyl (C=O) groups is 1. The topological polar surface area (TPSA) is 40.9 Å². The molecular weight excluding hydrogens is 174 g/mol. The molecule has 0 aromatic heterocycles. The molecule has 2 rings (SSSR count). The van der Waals surface area contributed by atoms with Gasteiger partial charge in [0, 0.05) is 5.92 Å². The third-order valence-corrected chi connectivity index (χ3v) is 3.72. The minimum Gasteiger partial charge on any atom is -0.298 e. The molecule has 76 valence electrons. The van der Waals surface area contributed by atoms with Crippen LogP contribution in [0.2, 0.25) is 0 Å². The number of ketones is 1. The number of nitriles is 1. The molecule has 3 atom stereocenters. The zero-order chi connectivity index (χ0) is 10.1. The van der Waals surface area contributed by atoms with Crippen LogP contribution in [0.25, 0.3) is 0 Å². The van der Waals surface area contributed by atoms with Gasteiger partial charge in [0.1, 0.15) is 5.92 Å². The lowest BCUT2D eigenvalue weighted by Gasteiger charge is -2.13. The summed E-state index contributed by atoms with van der Waals surface area (Å²) in [4.78, 5) is 11.9. The first-order valence-corrected chi connectivity index (χ1v) is 5.69. The third-order valence-electron chi connectivity index (χ3n) is 3.72. The lowest BCUT2D eigenvalue weighted by atomic mass is 9.88. The van der Waals surface area contributed by atoms with Crippen LogP contribution in [0.1, 0.15) is 39.0 Å². The molecule has 0 N–H and O–H groups in total. The van der Waals surface area contributed by atoms with Gasteiger partial charge in [0.25, 0.3) is 0 Å². The van der Waals surface area contributed by atoms with Crippen molar-refractivity contribution in [2.24, 2.45) is 23.7 Å². The third kappa shape index (κ3) is 1.68. The lowest BCUT2D eigenvalue weighted by Crippen LogP contribution is -2.21. The summed E-state index contributed by atoms with van der Waals surface area (Å²) in [6, 6.07) is 2.16. The number of hydrogen-bond acceptors (Lipinski definition) is 2. The maximum absolute atomic E-state index is 11.9. The Balaban J connectivity index is 1.90. The van der Waals surface area contributed by atoms with E-state index in [2.05, 4.69) is 6.07 Å². The Bertz CT molecular complexity index is 269. The molecule has 2 nitrogen and oxygen atoms in total. The Kier molecular flexibility index (Phi) is 2.58. The van der Waals surface area contributed by atoms with Crippen molar-refractivity contribution in [1.82, 2.24) is 0 Å². The molecule has 0 radical (unpaired) electrons.